The van der Waals surface area contributed by atoms with Crippen molar-refractivity contribution in [1.29, 1.82) is 0 Å². The van der Waals surface area contributed by atoms with Gasteiger partial charge in [-0.15, -0.1) is 10.2 Å². The van der Waals surface area contributed by atoms with Crippen LogP contribution in [0.1, 0.15) is 11.3 Å². The lowest BCUT2D eigenvalue weighted by molar-refractivity contribution is 0.0730. The summed E-state index contributed by atoms with van der Waals surface area (Å²) in [6.45, 7) is 3.29. The number of pyridine rings is 1. The first-order valence-electron chi connectivity index (χ1n) is 10.5. The Morgan fingerprint density at radius 2 is 1.91 bits per heavy atom. The van der Waals surface area contributed by atoms with Crippen LogP contribution in [0.25, 0.3) is 17.1 Å². The molecule has 3 aromatic heterocycles. The maximum atomic E-state index is 12.9. The minimum Gasteiger partial charge on any atom is -0.411 e. The number of aryl methyl sites for hydroxylation is 1. The van der Waals surface area contributed by atoms with Gasteiger partial charge in [0, 0.05) is 36.7 Å². The van der Waals surface area contributed by atoms with Crippen LogP contribution in [-0.2, 0) is 20.5 Å². The first kappa shape index (κ1) is 22.7. The molecule has 1 aliphatic rings. The van der Waals surface area contributed by atoms with Crippen molar-refractivity contribution in [3.05, 3.63) is 70.3 Å². The second-order valence-corrected chi connectivity index (χ2v) is 10.5. The number of benzene rings is 1. The van der Waals surface area contributed by atoms with Crippen molar-refractivity contribution in [1.82, 2.24) is 23.9 Å². The molecule has 1 saturated heterocycles. The fourth-order valence-corrected chi connectivity index (χ4v) is 5.74. The van der Waals surface area contributed by atoms with E-state index in [4.69, 9.17) is 9.15 Å². The van der Waals surface area contributed by atoms with E-state index in [9.17, 15) is 13.2 Å². The lowest BCUT2D eigenvalue weighted by Gasteiger charge is -2.26. The van der Waals surface area contributed by atoms with Gasteiger partial charge < -0.3 is 9.15 Å². The predicted octanol–water partition coefficient (Wildman–Crippen LogP) is 2.37. The van der Waals surface area contributed by atoms with Crippen LogP contribution in [0.3, 0.4) is 0 Å². The Morgan fingerprint density at radius 3 is 2.74 bits per heavy atom. The predicted molar refractivity (Wildman–Crippen MR) is 125 cm³/mol. The van der Waals surface area contributed by atoms with Gasteiger partial charge in [-0.25, -0.2) is 13.4 Å². The maximum absolute atomic E-state index is 12.9. The topological polar surface area (TPSA) is 120 Å². The van der Waals surface area contributed by atoms with E-state index in [2.05, 4.69) is 15.2 Å². The number of morpholine rings is 1. The van der Waals surface area contributed by atoms with Crippen LogP contribution in [-0.4, -0.2) is 58.6 Å². The molecule has 0 spiro atoms. The molecule has 176 valence electrons. The summed E-state index contributed by atoms with van der Waals surface area (Å²) in [5, 5.41) is 8.41. The van der Waals surface area contributed by atoms with E-state index in [1.807, 2.05) is 13.0 Å². The highest BCUT2D eigenvalue weighted by Gasteiger charge is 2.27. The highest BCUT2D eigenvalue weighted by molar-refractivity contribution is 7.98. The summed E-state index contributed by atoms with van der Waals surface area (Å²) >= 11 is 1.25. The Kier molecular flexibility index (Phi) is 6.21. The average Bonchev–Trinajstić information content (AvgIpc) is 3.33. The number of rotatable bonds is 6. The quantitative estimate of drug-likeness (QED) is 0.368. The molecule has 0 saturated carbocycles. The zero-order valence-electron chi connectivity index (χ0n) is 18.2. The summed E-state index contributed by atoms with van der Waals surface area (Å²) in [6.07, 6.45) is 1.69. The van der Waals surface area contributed by atoms with E-state index < -0.39 is 10.0 Å². The Bertz CT molecular complexity index is 1510. The SMILES string of the molecule is Cc1cccn2c(=O)cc(CSc3nnc(-c4cccc(S(=O)(=O)N5CCOCC5)c4)o3)nc12. The number of hydrogen-bond donors (Lipinski definition) is 0. The molecule has 1 fully saturated rings. The van der Waals surface area contributed by atoms with Crippen molar-refractivity contribution in [3.8, 4) is 11.5 Å². The van der Waals surface area contributed by atoms with Crippen molar-refractivity contribution >= 4 is 27.4 Å². The Hall–Kier alpha value is -3.06. The smallest absolute Gasteiger partial charge is 0.277 e. The Labute approximate surface area is 199 Å². The first-order valence-corrected chi connectivity index (χ1v) is 13.0. The third kappa shape index (κ3) is 4.49. The Morgan fingerprint density at radius 1 is 1.09 bits per heavy atom. The molecule has 4 aromatic rings. The number of thioether (sulfide) groups is 1. The van der Waals surface area contributed by atoms with Crippen molar-refractivity contribution in [2.24, 2.45) is 0 Å². The molecule has 10 nitrogen and oxygen atoms in total. The number of sulfonamides is 1. The first-order chi connectivity index (χ1) is 16.4. The van der Waals surface area contributed by atoms with Gasteiger partial charge in [0.05, 0.1) is 23.8 Å². The average molecular weight is 500 g/mol. The lowest BCUT2D eigenvalue weighted by atomic mass is 10.2. The van der Waals surface area contributed by atoms with Gasteiger partial charge in [-0.05, 0) is 36.8 Å². The molecule has 5 rings (SSSR count). The summed E-state index contributed by atoms with van der Waals surface area (Å²) in [6, 6.07) is 11.6. The number of hydrogen-bond acceptors (Lipinski definition) is 9. The van der Waals surface area contributed by atoms with Gasteiger partial charge in [-0.3, -0.25) is 9.20 Å². The van der Waals surface area contributed by atoms with E-state index in [0.29, 0.717) is 54.2 Å². The van der Waals surface area contributed by atoms with Gasteiger partial charge in [-0.2, -0.15) is 4.31 Å². The third-order valence-corrected chi connectivity index (χ3v) is 8.12. The molecule has 34 heavy (non-hydrogen) atoms. The summed E-state index contributed by atoms with van der Waals surface area (Å²) in [5.41, 5.74) is 2.45. The van der Waals surface area contributed by atoms with Crippen LogP contribution in [0.5, 0.6) is 0 Å². The molecule has 12 heteroatoms. The van der Waals surface area contributed by atoms with E-state index in [1.165, 1.54) is 32.6 Å². The van der Waals surface area contributed by atoms with E-state index in [0.717, 1.165) is 5.56 Å². The van der Waals surface area contributed by atoms with Crippen LogP contribution in [0.2, 0.25) is 0 Å². The van der Waals surface area contributed by atoms with Gasteiger partial charge >= 0.3 is 0 Å². The van der Waals surface area contributed by atoms with Gasteiger partial charge in [0.2, 0.25) is 15.9 Å². The van der Waals surface area contributed by atoms with Gasteiger partial charge in [0.15, 0.2) is 0 Å². The summed E-state index contributed by atoms with van der Waals surface area (Å²) in [5.74, 6) is 0.580. The summed E-state index contributed by atoms with van der Waals surface area (Å²) in [4.78, 5) is 17.1. The van der Waals surface area contributed by atoms with Crippen molar-refractivity contribution < 1.29 is 17.6 Å². The van der Waals surface area contributed by atoms with E-state index >= 15 is 0 Å². The largest absolute Gasteiger partial charge is 0.411 e. The highest BCUT2D eigenvalue weighted by Crippen LogP contribution is 2.27. The molecule has 1 aromatic carbocycles. The minimum atomic E-state index is -3.64. The Balaban J connectivity index is 1.34. The third-order valence-electron chi connectivity index (χ3n) is 5.38. The zero-order chi connectivity index (χ0) is 23.7. The lowest BCUT2D eigenvalue weighted by Crippen LogP contribution is -2.40. The van der Waals surface area contributed by atoms with Crippen LogP contribution < -0.4 is 5.56 Å². The van der Waals surface area contributed by atoms with Crippen LogP contribution in [0.15, 0.2) is 68.0 Å². The monoisotopic (exact) mass is 499 g/mol. The molecule has 1 aliphatic heterocycles. The van der Waals surface area contributed by atoms with E-state index in [-0.39, 0.29) is 16.3 Å². The second-order valence-electron chi connectivity index (χ2n) is 7.68. The van der Waals surface area contributed by atoms with E-state index in [1.54, 1.807) is 30.5 Å². The van der Waals surface area contributed by atoms with Crippen molar-refractivity contribution in [2.75, 3.05) is 26.3 Å². The standard InChI is InChI=1S/C22H21N5O5S2/c1-15-4-3-7-27-19(28)13-17(23-20(15)27)14-33-22-25-24-21(32-22)16-5-2-6-18(12-16)34(29,30)26-8-10-31-11-9-26/h2-7,12-13H,8-11,14H2,1H3. The zero-order valence-corrected chi connectivity index (χ0v) is 19.9. The normalized spacial score (nSPS) is 15.1. The summed E-state index contributed by atoms with van der Waals surface area (Å²) in [7, 11) is -3.64. The van der Waals surface area contributed by atoms with Crippen molar-refractivity contribution in [3.63, 3.8) is 0 Å². The molecule has 0 N–H and O–H groups in total. The van der Waals surface area contributed by atoms with Gasteiger partial charge in [-0.1, -0.05) is 23.9 Å². The molecule has 4 heterocycles. The molecule has 0 unspecified atom stereocenters. The molecule has 0 aliphatic carbocycles. The number of fused-ring (bicyclic) bond motifs is 1. The fourth-order valence-electron chi connectivity index (χ4n) is 3.63. The highest BCUT2D eigenvalue weighted by atomic mass is 32.2. The fraction of sp³-hybridized carbons (Fsp3) is 0.273. The van der Waals surface area contributed by atoms with Crippen LogP contribution in [0.4, 0.5) is 0 Å². The molecule has 0 atom stereocenters. The van der Waals surface area contributed by atoms with Gasteiger partial charge in [0.25, 0.3) is 10.8 Å². The number of nitrogens with zero attached hydrogens (tertiary/aromatic N) is 5. The maximum Gasteiger partial charge on any atom is 0.277 e. The second kappa shape index (κ2) is 9.29. The van der Waals surface area contributed by atoms with Crippen LogP contribution >= 0.6 is 11.8 Å². The molecule has 0 amide bonds. The van der Waals surface area contributed by atoms with Gasteiger partial charge in [0.1, 0.15) is 5.65 Å². The van der Waals surface area contributed by atoms with Crippen LogP contribution in [0, 0.1) is 6.92 Å². The molecular weight excluding hydrogens is 478 g/mol. The molecular formula is C22H21N5O5S2. The number of ether oxygens (including phenoxy) is 1. The van der Waals surface area contributed by atoms with Crippen molar-refractivity contribution in [2.45, 2.75) is 22.8 Å². The molecule has 0 radical (unpaired) electrons. The number of aromatic nitrogens is 4. The summed E-state index contributed by atoms with van der Waals surface area (Å²) < 4.78 is 39.8. The molecule has 0 bridgehead atoms. The minimum absolute atomic E-state index is 0.159.